The van der Waals surface area contributed by atoms with Gasteiger partial charge in [-0.1, -0.05) is 0 Å². The van der Waals surface area contributed by atoms with E-state index in [1.807, 2.05) is 0 Å². The summed E-state index contributed by atoms with van der Waals surface area (Å²) in [6.45, 7) is 0. The molecule has 0 spiro atoms. The number of ether oxygens (including phenoxy) is 2. The van der Waals surface area contributed by atoms with E-state index in [1.165, 1.54) is 6.20 Å². The van der Waals surface area contributed by atoms with Crippen molar-refractivity contribution in [2.45, 2.75) is 0 Å². The van der Waals surface area contributed by atoms with Crippen LogP contribution in [-0.4, -0.2) is 12.1 Å². The molecule has 0 saturated heterocycles. The number of rotatable bonds is 3. The highest BCUT2D eigenvalue weighted by atomic mass is 16.5. The third-order valence-corrected chi connectivity index (χ3v) is 2.19. The minimum atomic E-state index is 0.464. The zero-order valence-corrected chi connectivity index (χ0v) is 9.38. The maximum atomic E-state index is 5.70. The molecule has 5 heteroatoms. The summed E-state index contributed by atoms with van der Waals surface area (Å²) in [4.78, 5) is 4.03. The highest BCUT2D eigenvalue weighted by Gasteiger charge is 2.03. The molecule has 0 atom stereocenters. The summed E-state index contributed by atoms with van der Waals surface area (Å²) in [6.07, 6.45) is 1.53. The third kappa shape index (κ3) is 2.57. The first-order valence-corrected chi connectivity index (χ1v) is 5.02. The second-order valence-corrected chi connectivity index (χ2v) is 3.44. The molecule has 0 unspecified atom stereocenters. The summed E-state index contributed by atoms with van der Waals surface area (Å²) in [5, 5.41) is 0. The van der Waals surface area contributed by atoms with Gasteiger partial charge in [0.25, 0.3) is 0 Å². The van der Waals surface area contributed by atoms with Crippen molar-refractivity contribution in [3.05, 3.63) is 36.5 Å². The lowest BCUT2D eigenvalue weighted by Crippen LogP contribution is -1.94. The minimum absolute atomic E-state index is 0.464. The highest BCUT2D eigenvalue weighted by molar-refractivity contribution is 5.56. The van der Waals surface area contributed by atoms with Crippen LogP contribution in [0.25, 0.3) is 0 Å². The lowest BCUT2D eigenvalue weighted by Gasteiger charge is -2.08. The number of anilines is 2. The zero-order valence-electron chi connectivity index (χ0n) is 9.38. The van der Waals surface area contributed by atoms with Crippen LogP contribution in [-0.2, 0) is 0 Å². The Labute approximate surface area is 99.0 Å². The second kappa shape index (κ2) is 4.61. The van der Waals surface area contributed by atoms with Gasteiger partial charge in [0.05, 0.1) is 24.7 Å². The number of benzene rings is 1. The molecule has 0 radical (unpaired) electrons. The van der Waals surface area contributed by atoms with Crippen molar-refractivity contribution < 1.29 is 9.47 Å². The molecule has 1 aromatic heterocycles. The van der Waals surface area contributed by atoms with Gasteiger partial charge in [-0.25, -0.2) is 4.98 Å². The van der Waals surface area contributed by atoms with E-state index < -0.39 is 0 Å². The first-order chi connectivity index (χ1) is 8.19. The van der Waals surface area contributed by atoms with E-state index in [0.717, 1.165) is 0 Å². The molecule has 2 rings (SSSR count). The van der Waals surface area contributed by atoms with Gasteiger partial charge >= 0.3 is 0 Å². The van der Waals surface area contributed by atoms with Crippen LogP contribution >= 0.6 is 0 Å². The van der Waals surface area contributed by atoms with E-state index in [0.29, 0.717) is 28.8 Å². The molecular formula is C12H13N3O2. The molecule has 0 bridgehead atoms. The van der Waals surface area contributed by atoms with Gasteiger partial charge in [0.2, 0.25) is 5.88 Å². The van der Waals surface area contributed by atoms with Crippen molar-refractivity contribution in [2.24, 2.45) is 0 Å². The summed E-state index contributed by atoms with van der Waals surface area (Å²) < 4.78 is 10.6. The van der Waals surface area contributed by atoms with Gasteiger partial charge in [-0.2, -0.15) is 0 Å². The van der Waals surface area contributed by atoms with Gasteiger partial charge in [0.15, 0.2) is 0 Å². The van der Waals surface area contributed by atoms with Crippen molar-refractivity contribution in [1.82, 2.24) is 4.98 Å². The van der Waals surface area contributed by atoms with Crippen molar-refractivity contribution in [3.8, 4) is 17.4 Å². The van der Waals surface area contributed by atoms with Crippen molar-refractivity contribution >= 4 is 11.4 Å². The van der Waals surface area contributed by atoms with Gasteiger partial charge in [-0.3, -0.25) is 0 Å². The average Bonchev–Trinajstić information content (AvgIpc) is 2.34. The summed E-state index contributed by atoms with van der Waals surface area (Å²) in [5.41, 5.74) is 12.4. The summed E-state index contributed by atoms with van der Waals surface area (Å²) in [5.74, 6) is 1.64. The lowest BCUT2D eigenvalue weighted by molar-refractivity contribution is 0.409. The minimum Gasteiger partial charge on any atom is -0.494 e. The summed E-state index contributed by atoms with van der Waals surface area (Å²) in [6, 6.07) is 8.57. The Morgan fingerprint density at radius 3 is 2.59 bits per heavy atom. The zero-order chi connectivity index (χ0) is 12.3. The Kier molecular flexibility index (Phi) is 3.00. The molecule has 88 valence electrons. The van der Waals surface area contributed by atoms with E-state index in [1.54, 1.807) is 37.4 Å². The maximum Gasteiger partial charge on any atom is 0.219 e. The number of hydrogen-bond acceptors (Lipinski definition) is 5. The molecule has 0 aliphatic carbocycles. The molecule has 2 aromatic rings. The van der Waals surface area contributed by atoms with Crippen LogP contribution in [0.5, 0.6) is 17.4 Å². The number of hydrogen-bond donors (Lipinski definition) is 2. The second-order valence-electron chi connectivity index (χ2n) is 3.44. The number of aromatic nitrogens is 1. The summed E-state index contributed by atoms with van der Waals surface area (Å²) in [7, 11) is 1.55. The normalized spacial score (nSPS) is 9.94. The summed E-state index contributed by atoms with van der Waals surface area (Å²) >= 11 is 0. The van der Waals surface area contributed by atoms with Gasteiger partial charge in [0, 0.05) is 12.1 Å². The van der Waals surface area contributed by atoms with E-state index in [4.69, 9.17) is 20.9 Å². The van der Waals surface area contributed by atoms with E-state index in [2.05, 4.69) is 4.98 Å². The van der Waals surface area contributed by atoms with Crippen LogP contribution in [0, 0.1) is 0 Å². The smallest absolute Gasteiger partial charge is 0.219 e. The number of pyridine rings is 1. The SMILES string of the molecule is COc1cc(Oc2ccc(N)cn2)ccc1N. The van der Waals surface area contributed by atoms with Gasteiger partial charge < -0.3 is 20.9 Å². The van der Waals surface area contributed by atoms with Crippen molar-refractivity contribution in [2.75, 3.05) is 18.6 Å². The van der Waals surface area contributed by atoms with Gasteiger partial charge in [-0.05, 0) is 18.2 Å². The van der Waals surface area contributed by atoms with Gasteiger partial charge in [0.1, 0.15) is 11.5 Å². The fourth-order valence-corrected chi connectivity index (χ4v) is 1.33. The van der Waals surface area contributed by atoms with E-state index in [-0.39, 0.29) is 0 Å². The molecule has 0 aliphatic heterocycles. The number of methoxy groups -OCH3 is 1. The van der Waals surface area contributed by atoms with Crippen LogP contribution in [0.3, 0.4) is 0 Å². The van der Waals surface area contributed by atoms with Crippen LogP contribution in [0.1, 0.15) is 0 Å². The van der Waals surface area contributed by atoms with E-state index >= 15 is 0 Å². The molecule has 1 aromatic carbocycles. The average molecular weight is 231 g/mol. The molecule has 0 amide bonds. The topological polar surface area (TPSA) is 83.4 Å². The van der Waals surface area contributed by atoms with Gasteiger partial charge in [-0.15, -0.1) is 0 Å². The van der Waals surface area contributed by atoms with Crippen molar-refractivity contribution in [3.63, 3.8) is 0 Å². The molecule has 0 aliphatic rings. The molecule has 17 heavy (non-hydrogen) atoms. The monoisotopic (exact) mass is 231 g/mol. The Morgan fingerprint density at radius 2 is 1.94 bits per heavy atom. The number of nitrogen functional groups attached to an aromatic ring is 2. The maximum absolute atomic E-state index is 5.70. The lowest BCUT2D eigenvalue weighted by atomic mass is 10.3. The fourth-order valence-electron chi connectivity index (χ4n) is 1.33. The molecule has 4 N–H and O–H groups in total. The van der Waals surface area contributed by atoms with Crippen LogP contribution in [0.2, 0.25) is 0 Å². The largest absolute Gasteiger partial charge is 0.494 e. The quantitative estimate of drug-likeness (QED) is 0.790. The number of nitrogens with zero attached hydrogens (tertiary/aromatic N) is 1. The van der Waals surface area contributed by atoms with Crippen LogP contribution < -0.4 is 20.9 Å². The molecule has 1 heterocycles. The van der Waals surface area contributed by atoms with Crippen LogP contribution in [0.15, 0.2) is 36.5 Å². The van der Waals surface area contributed by atoms with E-state index in [9.17, 15) is 0 Å². The highest BCUT2D eigenvalue weighted by Crippen LogP contribution is 2.29. The first kappa shape index (κ1) is 11.1. The van der Waals surface area contributed by atoms with Crippen molar-refractivity contribution in [1.29, 1.82) is 0 Å². The molecular weight excluding hydrogens is 218 g/mol. The van der Waals surface area contributed by atoms with Crippen LogP contribution in [0.4, 0.5) is 11.4 Å². The number of nitrogens with two attached hydrogens (primary N) is 2. The standard InChI is InChI=1S/C12H13N3O2/c1-16-11-6-9(3-4-10(11)14)17-12-5-2-8(13)7-15-12/h2-7H,13-14H2,1H3. The third-order valence-electron chi connectivity index (χ3n) is 2.19. The Hall–Kier alpha value is -2.43. The molecule has 5 nitrogen and oxygen atoms in total. The predicted octanol–water partition coefficient (Wildman–Crippen LogP) is 2.05. The Balaban J connectivity index is 2.21. The molecule has 0 saturated carbocycles. The Bertz CT molecular complexity index is 512. The molecule has 0 fully saturated rings. The first-order valence-electron chi connectivity index (χ1n) is 5.02. The Morgan fingerprint density at radius 1 is 1.12 bits per heavy atom. The fraction of sp³-hybridized carbons (Fsp3) is 0.0833. The predicted molar refractivity (Wildman–Crippen MR) is 66.1 cm³/mol.